The molecule has 1 N–H and O–H groups in total. The fraction of sp³-hybridized carbons (Fsp3) is 0.250. The zero-order valence-electron chi connectivity index (χ0n) is 24.6. The van der Waals surface area contributed by atoms with E-state index in [9.17, 15) is 32.3 Å². The van der Waals surface area contributed by atoms with Gasteiger partial charge in [-0.25, -0.2) is 4.90 Å². The Morgan fingerprint density at radius 1 is 0.935 bits per heavy atom. The zero-order valence-corrected chi connectivity index (χ0v) is 26.2. The van der Waals surface area contributed by atoms with Gasteiger partial charge in [-0.05, 0) is 54.4 Å². The fourth-order valence-corrected chi connectivity index (χ4v) is 8.65. The van der Waals surface area contributed by atoms with Crippen LogP contribution in [0, 0.1) is 12.8 Å². The number of methoxy groups -OCH3 is 2. The molecule has 3 aromatic carbocycles. The van der Waals surface area contributed by atoms with Gasteiger partial charge in [0, 0.05) is 16.5 Å². The van der Waals surface area contributed by atoms with Crippen molar-refractivity contribution in [1.29, 1.82) is 0 Å². The average Bonchev–Trinajstić information content (AvgIpc) is 3.46. The second kappa shape index (κ2) is 12.0. The minimum absolute atomic E-state index is 0.294. The number of imide groups is 1. The van der Waals surface area contributed by atoms with Crippen molar-refractivity contribution in [1.82, 2.24) is 4.57 Å². The largest absolute Gasteiger partial charge is 0.493 e. The van der Waals surface area contributed by atoms with Crippen molar-refractivity contribution >= 4 is 52.2 Å². The average molecular weight is 670 g/mol. The number of aryl methyl sites for hydroxylation is 1. The Labute approximate surface area is 268 Å². The lowest BCUT2D eigenvalue weighted by Gasteiger charge is -2.31. The number of amides is 3. The number of hydrogen-bond acceptors (Lipinski definition) is 8. The number of para-hydroxylation sites is 1. The summed E-state index contributed by atoms with van der Waals surface area (Å²) in [5.74, 6) is -3.53. The number of thiazole rings is 1. The van der Waals surface area contributed by atoms with E-state index in [4.69, 9.17) is 9.47 Å². The van der Waals surface area contributed by atoms with Crippen LogP contribution < -0.4 is 24.6 Å². The third kappa shape index (κ3) is 5.45. The maximum absolute atomic E-state index is 14.1. The second-order valence-corrected chi connectivity index (χ2v) is 12.8. The van der Waals surface area contributed by atoms with Crippen LogP contribution in [0.3, 0.4) is 0 Å². The predicted octanol–water partition coefficient (Wildman–Crippen LogP) is 5.69. The monoisotopic (exact) mass is 669 g/mol. The first kappa shape index (κ1) is 31.4. The van der Waals surface area contributed by atoms with Gasteiger partial charge < -0.3 is 14.8 Å². The summed E-state index contributed by atoms with van der Waals surface area (Å²) in [5.41, 5.74) is 0.252. The predicted molar refractivity (Wildman–Crippen MR) is 167 cm³/mol. The molecule has 4 aromatic rings. The summed E-state index contributed by atoms with van der Waals surface area (Å²) < 4.78 is 54.2. The lowest BCUT2D eigenvalue weighted by molar-refractivity contribution is -0.137. The third-order valence-electron chi connectivity index (χ3n) is 7.87. The smallest absolute Gasteiger partial charge is 0.418 e. The van der Waals surface area contributed by atoms with Gasteiger partial charge >= 0.3 is 11.0 Å². The number of ether oxygens (including phenoxy) is 2. The molecule has 1 saturated heterocycles. The lowest BCUT2D eigenvalue weighted by Crippen LogP contribution is -2.33. The van der Waals surface area contributed by atoms with E-state index in [-0.39, 0.29) is 6.54 Å². The van der Waals surface area contributed by atoms with Gasteiger partial charge in [0.25, 0.3) is 0 Å². The summed E-state index contributed by atoms with van der Waals surface area (Å²) in [6.45, 7) is 1.48. The first-order valence-electron chi connectivity index (χ1n) is 14.0. The maximum Gasteiger partial charge on any atom is 0.418 e. The molecule has 238 valence electrons. The molecule has 2 aliphatic rings. The summed E-state index contributed by atoms with van der Waals surface area (Å²) in [5, 5.41) is 1.88. The van der Waals surface area contributed by atoms with Crippen molar-refractivity contribution in [2.45, 2.75) is 35.8 Å². The minimum Gasteiger partial charge on any atom is -0.493 e. The zero-order chi connectivity index (χ0) is 32.9. The van der Waals surface area contributed by atoms with E-state index in [0.717, 1.165) is 40.8 Å². The molecule has 6 rings (SSSR count). The van der Waals surface area contributed by atoms with Gasteiger partial charge in [0.2, 0.25) is 17.7 Å². The molecular formula is C32H26F3N3O6S2. The summed E-state index contributed by atoms with van der Waals surface area (Å²) in [6.07, 6.45) is -4.83. The molecule has 14 heteroatoms. The van der Waals surface area contributed by atoms with Gasteiger partial charge in [0.05, 0.1) is 36.4 Å². The maximum atomic E-state index is 14.1. The molecule has 0 radical (unpaired) electrons. The summed E-state index contributed by atoms with van der Waals surface area (Å²) in [6, 6.07) is 16.4. The quantitative estimate of drug-likeness (QED) is 0.252. The van der Waals surface area contributed by atoms with Gasteiger partial charge in [0.15, 0.2) is 11.5 Å². The van der Waals surface area contributed by atoms with Crippen molar-refractivity contribution in [2.75, 3.05) is 24.4 Å². The van der Waals surface area contributed by atoms with E-state index in [1.165, 1.54) is 30.9 Å². The highest BCUT2D eigenvalue weighted by Gasteiger charge is 2.58. The van der Waals surface area contributed by atoms with Crippen molar-refractivity contribution in [3.05, 3.63) is 98.0 Å². The van der Waals surface area contributed by atoms with Crippen LogP contribution in [-0.4, -0.2) is 41.8 Å². The number of halogens is 3. The number of alkyl halides is 3. The Balaban J connectivity index is 1.46. The summed E-state index contributed by atoms with van der Waals surface area (Å²) in [7, 11) is 2.88. The normalized spacial score (nSPS) is 19.1. The van der Waals surface area contributed by atoms with E-state index in [1.807, 2.05) is 13.0 Å². The van der Waals surface area contributed by atoms with Crippen LogP contribution in [-0.2, 0) is 27.1 Å². The van der Waals surface area contributed by atoms with Gasteiger partial charge in [0.1, 0.15) is 11.8 Å². The number of rotatable bonds is 7. The summed E-state index contributed by atoms with van der Waals surface area (Å²) in [4.78, 5) is 55.1. The molecule has 1 fully saturated rings. The highest BCUT2D eigenvalue weighted by molar-refractivity contribution is 8.00. The molecule has 3 atom stereocenters. The number of aromatic nitrogens is 1. The highest BCUT2D eigenvalue weighted by atomic mass is 32.2. The Bertz CT molecular complexity index is 1940. The first-order chi connectivity index (χ1) is 21.9. The van der Waals surface area contributed by atoms with Crippen LogP contribution >= 0.6 is 23.1 Å². The molecule has 2 unspecified atom stereocenters. The number of carbonyl (C=O) groups excluding carboxylic acids is 3. The number of anilines is 2. The number of nitrogens with zero attached hydrogens (tertiary/aromatic N) is 2. The van der Waals surface area contributed by atoms with Gasteiger partial charge in [-0.2, -0.15) is 13.2 Å². The van der Waals surface area contributed by atoms with Crippen LogP contribution in [0.5, 0.6) is 11.5 Å². The molecule has 46 heavy (non-hydrogen) atoms. The van der Waals surface area contributed by atoms with Crippen LogP contribution in [0.25, 0.3) is 0 Å². The molecule has 2 aliphatic heterocycles. The van der Waals surface area contributed by atoms with Crippen LogP contribution in [0.2, 0.25) is 0 Å². The van der Waals surface area contributed by atoms with Crippen molar-refractivity contribution < 1.29 is 37.0 Å². The molecule has 0 spiro atoms. The Kier molecular flexibility index (Phi) is 8.19. The SMILES string of the molecule is COc1ccc([C@H]2c3sc(=O)n(CC(=O)Nc4cccc(C)c4)c3SC3C(=O)N(c4ccccc4C(F)(F)F)C(=O)C32)cc1OC. The second-order valence-electron chi connectivity index (χ2n) is 10.7. The standard InChI is InChI=1S/C32H26F3N3O6S2/c1-16-7-6-8-18(13-16)36-23(39)15-37-30-27(46-31(37)42)24(17-11-12-21(43-2)22(14-17)44-3)25-26(45-30)29(41)38(28(25)40)20-10-5-4-9-19(20)32(33,34)35/h4-14,24-26H,15H2,1-3H3,(H,36,39)/t24-,25?,26?/m1/s1. The number of fused-ring (bicyclic) bond motifs is 2. The minimum atomic E-state index is -4.83. The molecule has 0 saturated carbocycles. The molecular weight excluding hydrogens is 643 g/mol. The molecule has 3 heterocycles. The van der Waals surface area contributed by atoms with E-state index in [2.05, 4.69) is 5.32 Å². The van der Waals surface area contributed by atoms with E-state index in [1.54, 1.807) is 36.4 Å². The molecule has 1 aromatic heterocycles. The molecule has 9 nitrogen and oxygen atoms in total. The van der Waals surface area contributed by atoms with Gasteiger partial charge in [-0.1, -0.05) is 53.4 Å². The third-order valence-corrected chi connectivity index (χ3v) is 10.5. The lowest BCUT2D eigenvalue weighted by atomic mass is 9.83. The van der Waals surface area contributed by atoms with Crippen molar-refractivity contribution in [2.24, 2.45) is 5.92 Å². The van der Waals surface area contributed by atoms with Crippen molar-refractivity contribution in [3.63, 3.8) is 0 Å². The Morgan fingerprint density at radius 3 is 2.37 bits per heavy atom. The Hall–Kier alpha value is -4.56. The van der Waals surface area contributed by atoms with Crippen LogP contribution in [0.1, 0.15) is 27.5 Å². The Morgan fingerprint density at radius 2 is 1.67 bits per heavy atom. The molecule has 0 aliphatic carbocycles. The number of benzene rings is 3. The van der Waals surface area contributed by atoms with Crippen molar-refractivity contribution in [3.8, 4) is 11.5 Å². The summed E-state index contributed by atoms with van der Waals surface area (Å²) >= 11 is 1.73. The number of hydrogen-bond donors (Lipinski definition) is 1. The fourth-order valence-electron chi connectivity index (χ4n) is 5.87. The first-order valence-corrected chi connectivity index (χ1v) is 15.6. The van der Waals surface area contributed by atoms with E-state index >= 15 is 0 Å². The number of carbonyl (C=O) groups is 3. The topological polar surface area (TPSA) is 107 Å². The molecule has 0 bridgehead atoms. The molecule has 3 amide bonds. The van der Waals surface area contributed by atoms with Crippen LogP contribution in [0.15, 0.2) is 76.6 Å². The van der Waals surface area contributed by atoms with E-state index < -0.39 is 57.1 Å². The van der Waals surface area contributed by atoms with Gasteiger partial charge in [-0.15, -0.1) is 0 Å². The van der Waals surface area contributed by atoms with E-state index in [0.29, 0.717) is 37.6 Å². The number of thioether (sulfide) groups is 1. The highest BCUT2D eigenvalue weighted by Crippen LogP contribution is 2.55. The van der Waals surface area contributed by atoms with Gasteiger partial charge in [-0.3, -0.25) is 23.7 Å². The number of nitrogens with one attached hydrogen (secondary N) is 1. The van der Waals surface area contributed by atoms with Crippen LogP contribution in [0.4, 0.5) is 24.5 Å².